The fourth-order valence-electron chi connectivity index (χ4n) is 2.33. The number of hydrogen-bond acceptors (Lipinski definition) is 6. The highest BCUT2D eigenvalue weighted by atomic mass is 35.5. The molecule has 1 amide bonds. The molecule has 2 atom stereocenters. The lowest BCUT2D eigenvalue weighted by Gasteiger charge is -2.18. The van der Waals surface area contributed by atoms with E-state index >= 15 is 0 Å². The van der Waals surface area contributed by atoms with Crippen LogP contribution in [0.4, 0.5) is 5.69 Å². The zero-order valence-electron chi connectivity index (χ0n) is 14.7. The van der Waals surface area contributed by atoms with E-state index in [0.717, 1.165) is 0 Å². The molecule has 0 spiro atoms. The predicted octanol–water partition coefficient (Wildman–Crippen LogP) is 3.41. The summed E-state index contributed by atoms with van der Waals surface area (Å²) in [6, 6.07) is 11.7. The number of fused-ring (bicyclic) bond motifs is 1. The lowest BCUT2D eigenvalue weighted by atomic mass is 10.2. The van der Waals surface area contributed by atoms with Crippen LogP contribution in [0.15, 0.2) is 42.5 Å². The summed E-state index contributed by atoms with van der Waals surface area (Å²) in [6.45, 7) is 3.16. The van der Waals surface area contributed by atoms with Gasteiger partial charge in [-0.2, -0.15) is 0 Å². The minimum Gasteiger partial charge on any atom is -0.479 e. The normalized spacial score (nSPS) is 14.2. The summed E-state index contributed by atoms with van der Waals surface area (Å²) in [5.41, 5.74) is 0.510. The molecule has 0 bridgehead atoms. The second-order valence-electron chi connectivity index (χ2n) is 5.85. The Morgan fingerprint density at radius 3 is 2.63 bits per heavy atom. The minimum atomic E-state index is -1.01. The Balaban J connectivity index is 1.53. The molecule has 0 fully saturated rings. The Bertz CT molecular complexity index is 856. The van der Waals surface area contributed by atoms with Crippen LogP contribution in [0.25, 0.3) is 0 Å². The number of amides is 1. The zero-order chi connectivity index (χ0) is 19.4. The highest BCUT2D eigenvalue weighted by Crippen LogP contribution is 2.34. The molecule has 2 aromatic carbocycles. The van der Waals surface area contributed by atoms with E-state index in [4.69, 9.17) is 30.5 Å². The van der Waals surface area contributed by atoms with Gasteiger partial charge in [0.2, 0.25) is 6.79 Å². The van der Waals surface area contributed by atoms with Gasteiger partial charge in [-0.15, -0.1) is 0 Å². The maximum atomic E-state index is 12.3. The number of rotatable bonds is 6. The van der Waals surface area contributed by atoms with Crippen LogP contribution in [-0.4, -0.2) is 30.9 Å². The Morgan fingerprint density at radius 1 is 1.07 bits per heavy atom. The largest absolute Gasteiger partial charge is 0.479 e. The van der Waals surface area contributed by atoms with Crippen molar-refractivity contribution in [2.24, 2.45) is 0 Å². The molecule has 1 N–H and O–H groups in total. The predicted molar refractivity (Wildman–Crippen MR) is 98.3 cm³/mol. The molecule has 0 aliphatic carbocycles. The molecule has 7 nitrogen and oxygen atoms in total. The third kappa shape index (κ3) is 4.83. The first-order valence-corrected chi connectivity index (χ1v) is 8.63. The molecule has 1 heterocycles. The smallest absolute Gasteiger partial charge is 0.347 e. The third-order valence-electron chi connectivity index (χ3n) is 3.74. The van der Waals surface area contributed by atoms with Gasteiger partial charge in [-0.1, -0.05) is 17.7 Å². The Hall–Kier alpha value is -2.93. The molecule has 27 heavy (non-hydrogen) atoms. The Labute approximate surface area is 161 Å². The van der Waals surface area contributed by atoms with Crippen LogP contribution < -0.4 is 19.5 Å². The van der Waals surface area contributed by atoms with Crippen molar-refractivity contribution in [3.63, 3.8) is 0 Å². The summed E-state index contributed by atoms with van der Waals surface area (Å²) < 4.78 is 21.1. The van der Waals surface area contributed by atoms with Crippen molar-refractivity contribution in [2.45, 2.75) is 26.1 Å². The monoisotopic (exact) mass is 391 g/mol. The number of esters is 1. The third-order valence-corrected chi connectivity index (χ3v) is 3.98. The molecule has 2 unspecified atom stereocenters. The van der Waals surface area contributed by atoms with Gasteiger partial charge in [0.1, 0.15) is 5.75 Å². The van der Waals surface area contributed by atoms with E-state index in [-0.39, 0.29) is 6.79 Å². The van der Waals surface area contributed by atoms with E-state index in [1.54, 1.807) is 42.5 Å². The number of carbonyl (C=O) groups is 2. The molecule has 0 radical (unpaired) electrons. The van der Waals surface area contributed by atoms with Gasteiger partial charge in [0.15, 0.2) is 23.7 Å². The van der Waals surface area contributed by atoms with E-state index in [1.165, 1.54) is 13.8 Å². The van der Waals surface area contributed by atoms with Crippen molar-refractivity contribution in [3.8, 4) is 17.2 Å². The zero-order valence-corrected chi connectivity index (χ0v) is 15.5. The van der Waals surface area contributed by atoms with Crippen LogP contribution in [0.2, 0.25) is 5.02 Å². The van der Waals surface area contributed by atoms with Gasteiger partial charge in [0.05, 0.1) is 0 Å². The van der Waals surface area contributed by atoms with Crippen molar-refractivity contribution < 1.29 is 28.5 Å². The summed E-state index contributed by atoms with van der Waals surface area (Å²) in [7, 11) is 0. The summed E-state index contributed by atoms with van der Waals surface area (Å²) in [5, 5.41) is 3.15. The van der Waals surface area contributed by atoms with Crippen molar-refractivity contribution in [1.82, 2.24) is 0 Å². The number of benzene rings is 2. The van der Waals surface area contributed by atoms with E-state index in [2.05, 4.69) is 5.32 Å². The van der Waals surface area contributed by atoms with Crippen LogP contribution in [0.1, 0.15) is 13.8 Å². The molecule has 142 valence electrons. The van der Waals surface area contributed by atoms with Gasteiger partial charge in [0, 0.05) is 16.8 Å². The van der Waals surface area contributed by atoms with Gasteiger partial charge in [0.25, 0.3) is 5.91 Å². The van der Waals surface area contributed by atoms with Gasteiger partial charge in [-0.3, -0.25) is 4.79 Å². The van der Waals surface area contributed by atoms with Crippen molar-refractivity contribution in [3.05, 3.63) is 47.5 Å². The first-order chi connectivity index (χ1) is 12.9. The molecule has 0 saturated heterocycles. The second kappa shape index (κ2) is 8.18. The average molecular weight is 392 g/mol. The molecule has 1 aliphatic heterocycles. The highest BCUT2D eigenvalue weighted by Gasteiger charge is 2.24. The Kier molecular flexibility index (Phi) is 5.71. The van der Waals surface area contributed by atoms with Crippen molar-refractivity contribution >= 4 is 29.2 Å². The lowest BCUT2D eigenvalue weighted by Crippen LogP contribution is -2.35. The van der Waals surface area contributed by atoms with Crippen LogP contribution >= 0.6 is 11.6 Å². The molecule has 3 rings (SSSR count). The average Bonchev–Trinajstić information content (AvgIpc) is 3.09. The molecule has 2 aromatic rings. The van der Waals surface area contributed by atoms with Crippen LogP contribution in [0, 0.1) is 0 Å². The van der Waals surface area contributed by atoms with E-state index in [0.29, 0.717) is 28.0 Å². The lowest BCUT2D eigenvalue weighted by molar-refractivity contribution is -0.159. The standard InChI is InChI=1S/C19H18ClNO6/c1-11(18(22)21-14-6-7-16-17(9-14)25-10-24-16)27-19(23)12(2)26-15-5-3-4-13(20)8-15/h3-9,11-12H,10H2,1-2H3,(H,21,22). The van der Waals surface area contributed by atoms with Crippen molar-refractivity contribution in [2.75, 3.05) is 12.1 Å². The quantitative estimate of drug-likeness (QED) is 0.760. The van der Waals surface area contributed by atoms with E-state index in [1.807, 2.05) is 0 Å². The van der Waals surface area contributed by atoms with Gasteiger partial charge in [-0.05, 0) is 44.2 Å². The first-order valence-electron chi connectivity index (χ1n) is 8.25. The number of ether oxygens (including phenoxy) is 4. The number of carbonyl (C=O) groups excluding carboxylic acids is 2. The van der Waals surface area contributed by atoms with E-state index in [9.17, 15) is 9.59 Å². The summed E-state index contributed by atoms with van der Waals surface area (Å²) in [4.78, 5) is 24.4. The molecule has 1 aliphatic rings. The van der Waals surface area contributed by atoms with Crippen LogP contribution in [0.3, 0.4) is 0 Å². The fraction of sp³-hybridized carbons (Fsp3) is 0.263. The molecular weight excluding hydrogens is 374 g/mol. The second-order valence-corrected chi connectivity index (χ2v) is 6.29. The van der Waals surface area contributed by atoms with Crippen LogP contribution in [-0.2, 0) is 14.3 Å². The summed E-state index contributed by atoms with van der Waals surface area (Å²) in [5.74, 6) is 0.449. The SMILES string of the molecule is CC(OC(=O)C(C)Oc1cccc(Cl)c1)C(=O)Nc1ccc2c(c1)OCO2. The fourth-order valence-corrected chi connectivity index (χ4v) is 2.51. The molecule has 8 heteroatoms. The highest BCUT2D eigenvalue weighted by molar-refractivity contribution is 6.30. The maximum absolute atomic E-state index is 12.3. The minimum absolute atomic E-state index is 0.144. The topological polar surface area (TPSA) is 83.1 Å². The van der Waals surface area contributed by atoms with E-state index < -0.39 is 24.1 Å². The molecule has 0 aromatic heterocycles. The molecule has 0 saturated carbocycles. The molecular formula is C19H18ClNO6. The number of hydrogen-bond donors (Lipinski definition) is 1. The number of nitrogens with one attached hydrogen (secondary N) is 1. The maximum Gasteiger partial charge on any atom is 0.347 e. The summed E-state index contributed by atoms with van der Waals surface area (Å²) in [6.07, 6.45) is -1.91. The first kappa shape index (κ1) is 18.8. The van der Waals surface area contributed by atoms with Crippen LogP contribution in [0.5, 0.6) is 17.2 Å². The summed E-state index contributed by atoms with van der Waals surface area (Å²) >= 11 is 5.88. The van der Waals surface area contributed by atoms with Gasteiger partial charge in [-0.25, -0.2) is 4.79 Å². The number of halogens is 1. The van der Waals surface area contributed by atoms with Gasteiger partial charge < -0.3 is 24.3 Å². The Morgan fingerprint density at radius 2 is 1.85 bits per heavy atom. The van der Waals surface area contributed by atoms with Crippen molar-refractivity contribution in [1.29, 1.82) is 0 Å². The number of anilines is 1. The van der Waals surface area contributed by atoms with Gasteiger partial charge >= 0.3 is 5.97 Å².